The van der Waals surface area contributed by atoms with Crippen LogP contribution in [-0.4, -0.2) is 42.0 Å². The van der Waals surface area contributed by atoms with Gasteiger partial charge < -0.3 is 10.2 Å². The van der Waals surface area contributed by atoms with Crippen molar-refractivity contribution in [2.45, 2.75) is 18.8 Å². The predicted molar refractivity (Wildman–Crippen MR) is 109 cm³/mol. The first-order valence-corrected chi connectivity index (χ1v) is 9.80. The van der Waals surface area contributed by atoms with E-state index >= 15 is 0 Å². The van der Waals surface area contributed by atoms with Crippen LogP contribution < -0.4 is 5.32 Å². The van der Waals surface area contributed by atoms with E-state index in [-0.39, 0.29) is 11.7 Å². The van der Waals surface area contributed by atoms with Gasteiger partial charge in [-0.1, -0.05) is 18.2 Å². The van der Waals surface area contributed by atoms with Crippen molar-refractivity contribution in [1.82, 2.24) is 15.2 Å². The van der Waals surface area contributed by atoms with E-state index < -0.39 is 0 Å². The zero-order valence-electron chi connectivity index (χ0n) is 15.8. The highest BCUT2D eigenvalue weighted by Gasteiger charge is 2.21. The molecule has 144 valence electrons. The van der Waals surface area contributed by atoms with Crippen LogP contribution in [0.2, 0.25) is 0 Å². The second-order valence-electron chi connectivity index (χ2n) is 7.34. The first kappa shape index (κ1) is 18.6. The summed E-state index contributed by atoms with van der Waals surface area (Å²) in [4.78, 5) is 19.1. The zero-order chi connectivity index (χ0) is 19.3. The number of hydrogen-bond acceptors (Lipinski definition) is 3. The molecule has 1 N–H and O–H groups in total. The average Bonchev–Trinajstić information content (AvgIpc) is 2.74. The molecule has 0 unspecified atom stereocenters. The van der Waals surface area contributed by atoms with Crippen molar-refractivity contribution in [1.29, 1.82) is 0 Å². The molecular weight excluding hydrogens is 353 g/mol. The van der Waals surface area contributed by atoms with Gasteiger partial charge in [0.05, 0.1) is 5.52 Å². The molecule has 1 saturated heterocycles. The third kappa shape index (κ3) is 4.37. The maximum atomic E-state index is 12.9. The van der Waals surface area contributed by atoms with E-state index in [1.807, 2.05) is 18.3 Å². The number of carbonyl (C=O) groups is 1. The van der Waals surface area contributed by atoms with E-state index in [0.717, 1.165) is 38.0 Å². The molecule has 1 aliphatic rings. The number of fused-ring (bicyclic) bond motifs is 1. The third-order valence-corrected chi connectivity index (χ3v) is 5.49. The van der Waals surface area contributed by atoms with Crippen LogP contribution in [0.1, 0.15) is 34.7 Å². The Kier molecular flexibility index (Phi) is 5.63. The van der Waals surface area contributed by atoms with Crippen LogP contribution in [0.5, 0.6) is 0 Å². The topological polar surface area (TPSA) is 45.2 Å². The van der Waals surface area contributed by atoms with Crippen LogP contribution in [0.15, 0.2) is 60.8 Å². The summed E-state index contributed by atoms with van der Waals surface area (Å²) in [5.74, 6) is 0.0559. The Hall–Kier alpha value is -2.79. The number of piperidine rings is 1. The number of nitrogens with zero attached hydrogens (tertiary/aromatic N) is 2. The summed E-state index contributed by atoms with van der Waals surface area (Å²) in [5, 5.41) is 4.12. The molecule has 5 heteroatoms. The van der Waals surface area contributed by atoms with Crippen molar-refractivity contribution >= 4 is 16.8 Å². The lowest BCUT2D eigenvalue weighted by atomic mass is 9.90. The van der Waals surface area contributed by atoms with Gasteiger partial charge in [-0.15, -0.1) is 0 Å². The van der Waals surface area contributed by atoms with Gasteiger partial charge in [-0.05, 0) is 73.8 Å². The molecule has 0 radical (unpaired) electrons. The normalized spacial score (nSPS) is 15.6. The Labute approximate surface area is 164 Å². The monoisotopic (exact) mass is 377 g/mol. The summed E-state index contributed by atoms with van der Waals surface area (Å²) in [7, 11) is 0. The molecule has 1 aromatic heterocycles. The first-order valence-electron chi connectivity index (χ1n) is 9.80. The second-order valence-corrected chi connectivity index (χ2v) is 7.34. The van der Waals surface area contributed by atoms with Gasteiger partial charge in [0.1, 0.15) is 5.82 Å². The van der Waals surface area contributed by atoms with Gasteiger partial charge >= 0.3 is 0 Å². The number of halogens is 1. The standard InChI is InChI=1S/C23H24FN3O/c24-21-7-5-18(6-8-21)23(28)25-11-14-27-12-9-17(10-13-27)20-15-19-3-1-2-4-22(19)26-16-20/h1-8,15-17H,9-14H2,(H,25,28). The van der Waals surface area contributed by atoms with E-state index in [1.165, 1.54) is 35.2 Å². The Morgan fingerprint density at radius 3 is 2.64 bits per heavy atom. The van der Waals surface area contributed by atoms with E-state index in [4.69, 9.17) is 0 Å². The largest absolute Gasteiger partial charge is 0.351 e. The highest BCUT2D eigenvalue weighted by Crippen LogP contribution is 2.29. The number of carbonyl (C=O) groups excluding carboxylic acids is 1. The average molecular weight is 377 g/mol. The molecule has 2 aromatic carbocycles. The van der Waals surface area contributed by atoms with E-state index in [9.17, 15) is 9.18 Å². The number of likely N-dealkylation sites (tertiary alicyclic amines) is 1. The lowest BCUT2D eigenvalue weighted by Gasteiger charge is -2.32. The summed E-state index contributed by atoms with van der Waals surface area (Å²) in [6.07, 6.45) is 4.23. The molecule has 28 heavy (non-hydrogen) atoms. The number of aromatic nitrogens is 1. The second kappa shape index (κ2) is 8.48. The minimum atomic E-state index is -0.332. The molecule has 4 rings (SSSR count). The predicted octanol–water partition coefficient (Wildman–Crippen LogP) is 3.98. The quantitative estimate of drug-likeness (QED) is 0.731. The van der Waals surface area contributed by atoms with Crippen molar-refractivity contribution < 1.29 is 9.18 Å². The maximum Gasteiger partial charge on any atom is 0.251 e. The van der Waals surface area contributed by atoms with Crippen LogP contribution in [0.3, 0.4) is 0 Å². The molecular formula is C23H24FN3O. The smallest absolute Gasteiger partial charge is 0.251 e. The van der Waals surface area contributed by atoms with Crippen molar-refractivity contribution in [3.05, 3.63) is 77.7 Å². The zero-order valence-corrected chi connectivity index (χ0v) is 15.8. The van der Waals surface area contributed by atoms with Crippen LogP contribution in [0.25, 0.3) is 10.9 Å². The molecule has 0 bridgehead atoms. The van der Waals surface area contributed by atoms with Gasteiger partial charge in [0.2, 0.25) is 0 Å². The van der Waals surface area contributed by atoms with Crippen molar-refractivity contribution in [2.75, 3.05) is 26.2 Å². The van der Waals surface area contributed by atoms with E-state index in [1.54, 1.807) is 0 Å². The highest BCUT2D eigenvalue weighted by atomic mass is 19.1. The minimum absolute atomic E-state index is 0.155. The number of pyridine rings is 1. The molecule has 0 spiro atoms. The lowest BCUT2D eigenvalue weighted by Crippen LogP contribution is -2.39. The number of nitrogens with one attached hydrogen (secondary N) is 1. The molecule has 0 atom stereocenters. The minimum Gasteiger partial charge on any atom is -0.351 e. The SMILES string of the molecule is O=C(NCCN1CCC(c2cnc3ccccc3c2)CC1)c1ccc(F)cc1. The van der Waals surface area contributed by atoms with Gasteiger partial charge in [0.25, 0.3) is 5.91 Å². The van der Waals surface area contributed by atoms with Crippen molar-refractivity contribution in [3.63, 3.8) is 0 Å². The molecule has 1 fully saturated rings. The molecule has 4 nitrogen and oxygen atoms in total. The molecule has 1 aliphatic heterocycles. The van der Waals surface area contributed by atoms with Crippen molar-refractivity contribution in [2.24, 2.45) is 0 Å². The molecule has 2 heterocycles. The van der Waals surface area contributed by atoms with Gasteiger partial charge in [-0.25, -0.2) is 4.39 Å². The molecule has 0 saturated carbocycles. The van der Waals surface area contributed by atoms with Crippen molar-refractivity contribution in [3.8, 4) is 0 Å². The fourth-order valence-corrected chi connectivity index (χ4v) is 3.83. The Morgan fingerprint density at radius 1 is 1.11 bits per heavy atom. The summed E-state index contributed by atoms with van der Waals surface area (Å²) < 4.78 is 12.9. The van der Waals surface area contributed by atoms with E-state index in [0.29, 0.717) is 18.0 Å². The number of benzene rings is 2. The van der Waals surface area contributed by atoms with Crippen LogP contribution in [-0.2, 0) is 0 Å². The fraction of sp³-hybridized carbons (Fsp3) is 0.304. The lowest BCUT2D eigenvalue weighted by molar-refractivity contribution is 0.0945. The number of rotatable bonds is 5. The number of para-hydroxylation sites is 1. The summed E-state index contributed by atoms with van der Waals surface area (Å²) in [6, 6.07) is 16.1. The van der Waals surface area contributed by atoms with Crippen LogP contribution >= 0.6 is 0 Å². The Morgan fingerprint density at radius 2 is 1.86 bits per heavy atom. The summed E-state index contributed by atoms with van der Waals surface area (Å²) >= 11 is 0. The van der Waals surface area contributed by atoms with E-state index in [2.05, 4.69) is 33.4 Å². The van der Waals surface area contributed by atoms with Gasteiger partial charge in [-0.3, -0.25) is 9.78 Å². The summed E-state index contributed by atoms with van der Waals surface area (Å²) in [6.45, 7) is 3.46. The molecule has 3 aromatic rings. The van der Waals surface area contributed by atoms with Crippen LogP contribution in [0, 0.1) is 5.82 Å². The molecule has 0 aliphatic carbocycles. The number of hydrogen-bond donors (Lipinski definition) is 1. The fourth-order valence-electron chi connectivity index (χ4n) is 3.83. The third-order valence-electron chi connectivity index (χ3n) is 5.49. The highest BCUT2D eigenvalue weighted by molar-refractivity contribution is 5.94. The van der Waals surface area contributed by atoms with Crippen LogP contribution in [0.4, 0.5) is 4.39 Å². The molecule has 1 amide bonds. The Bertz CT molecular complexity index is 949. The number of amides is 1. The van der Waals surface area contributed by atoms with Gasteiger partial charge in [0, 0.05) is 30.2 Å². The summed E-state index contributed by atoms with van der Waals surface area (Å²) in [5.41, 5.74) is 2.85. The van der Waals surface area contributed by atoms with Gasteiger partial charge in [0.15, 0.2) is 0 Å². The van der Waals surface area contributed by atoms with Gasteiger partial charge in [-0.2, -0.15) is 0 Å². The Balaban J connectivity index is 1.25. The maximum absolute atomic E-state index is 12.9. The first-order chi connectivity index (χ1) is 13.7.